The summed E-state index contributed by atoms with van der Waals surface area (Å²) in [5.74, 6) is 0.818. The van der Waals surface area contributed by atoms with Gasteiger partial charge in [-0.2, -0.15) is 0 Å². The molecule has 1 aromatic carbocycles. The third-order valence-corrected chi connectivity index (χ3v) is 3.82. The molecule has 0 saturated heterocycles. The van der Waals surface area contributed by atoms with E-state index in [0.717, 1.165) is 39.7 Å². The Morgan fingerprint density at radius 1 is 1.42 bits per heavy atom. The van der Waals surface area contributed by atoms with Crippen LogP contribution in [0.5, 0.6) is 5.75 Å². The molecular formula is C14H16ClIN2O. The summed E-state index contributed by atoms with van der Waals surface area (Å²) in [7, 11) is 0. The Labute approximate surface area is 131 Å². The molecule has 0 radical (unpaired) electrons. The third kappa shape index (κ3) is 3.70. The molecule has 0 saturated carbocycles. The van der Waals surface area contributed by atoms with E-state index in [1.165, 1.54) is 0 Å². The Kier molecular flexibility index (Phi) is 5.66. The Hall–Kier alpha value is -0.590. The van der Waals surface area contributed by atoms with E-state index >= 15 is 0 Å². The van der Waals surface area contributed by atoms with Gasteiger partial charge >= 0.3 is 0 Å². The van der Waals surface area contributed by atoms with Crippen molar-refractivity contribution >= 4 is 45.1 Å². The van der Waals surface area contributed by atoms with Crippen molar-refractivity contribution < 1.29 is 4.74 Å². The second kappa shape index (κ2) is 7.26. The Balaban J connectivity index is 2.18. The van der Waals surface area contributed by atoms with Gasteiger partial charge in [-0.25, -0.2) is 0 Å². The van der Waals surface area contributed by atoms with Crippen LogP contribution < -0.4 is 10.1 Å². The molecule has 0 unspecified atom stereocenters. The fourth-order valence-electron chi connectivity index (χ4n) is 1.81. The quantitative estimate of drug-likeness (QED) is 0.600. The second-order valence-corrected chi connectivity index (χ2v) is 5.74. The zero-order valence-corrected chi connectivity index (χ0v) is 13.7. The van der Waals surface area contributed by atoms with Crippen LogP contribution >= 0.6 is 34.2 Å². The number of benzene rings is 1. The van der Waals surface area contributed by atoms with Crippen molar-refractivity contribution in [2.75, 3.05) is 19.7 Å². The lowest BCUT2D eigenvalue weighted by molar-refractivity contribution is 0.315. The second-order valence-electron chi connectivity index (χ2n) is 4.17. The van der Waals surface area contributed by atoms with E-state index in [9.17, 15) is 0 Å². The van der Waals surface area contributed by atoms with Gasteiger partial charge in [0.25, 0.3) is 0 Å². The molecule has 3 nitrogen and oxygen atoms in total. The monoisotopic (exact) mass is 390 g/mol. The van der Waals surface area contributed by atoms with Gasteiger partial charge in [0, 0.05) is 18.1 Å². The molecule has 2 aromatic rings. The molecule has 0 atom stereocenters. The van der Waals surface area contributed by atoms with Gasteiger partial charge in [0.2, 0.25) is 0 Å². The molecule has 0 amide bonds. The van der Waals surface area contributed by atoms with Crippen LogP contribution in [0.2, 0.25) is 5.02 Å². The highest BCUT2D eigenvalue weighted by Gasteiger charge is 2.11. The van der Waals surface area contributed by atoms with Gasteiger partial charge < -0.3 is 10.1 Å². The van der Waals surface area contributed by atoms with Crippen LogP contribution in [0, 0.1) is 3.57 Å². The van der Waals surface area contributed by atoms with Gasteiger partial charge in [0.1, 0.15) is 12.1 Å². The van der Waals surface area contributed by atoms with Crippen molar-refractivity contribution in [2.24, 2.45) is 0 Å². The van der Waals surface area contributed by atoms with Crippen LogP contribution in [0.15, 0.2) is 24.4 Å². The minimum Gasteiger partial charge on any atom is -0.489 e. The number of nitrogens with one attached hydrogen (secondary N) is 1. The average molecular weight is 391 g/mol. The molecule has 0 fully saturated rings. The van der Waals surface area contributed by atoms with E-state index in [4.69, 9.17) is 16.3 Å². The maximum Gasteiger partial charge on any atom is 0.158 e. The van der Waals surface area contributed by atoms with Crippen molar-refractivity contribution in [2.45, 2.75) is 13.3 Å². The largest absolute Gasteiger partial charge is 0.489 e. The summed E-state index contributed by atoms with van der Waals surface area (Å²) in [5.41, 5.74) is 0.829. The lowest BCUT2D eigenvalue weighted by atomic mass is 10.2. The third-order valence-electron chi connectivity index (χ3n) is 2.70. The minimum atomic E-state index is 0.628. The molecule has 0 spiro atoms. The molecule has 0 aliphatic heterocycles. The Morgan fingerprint density at radius 2 is 2.26 bits per heavy atom. The highest BCUT2D eigenvalue weighted by molar-refractivity contribution is 14.1. The average Bonchev–Trinajstić information content (AvgIpc) is 2.42. The topological polar surface area (TPSA) is 34.1 Å². The highest BCUT2D eigenvalue weighted by atomic mass is 127. The molecule has 2 rings (SSSR count). The van der Waals surface area contributed by atoms with Crippen molar-refractivity contribution in [3.05, 3.63) is 33.0 Å². The maximum atomic E-state index is 6.22. The number of aromatic nitrogens is 1. The number of nitrogens with zero attached hydrogens (tertiary/aromatic N) is 1. The van der Waals surface area contributed by atoms with E-state index in [2.05, 4.69) is 39.8 Å². The Morgan fingerprint density at radius 3 is 3.05 bits per heavy atom. The SMILES string of the molecule is CCCNCCOc1c(I)cc(Cl)c2cccnc12. The molecule has 1 N–H and O–H groups in total. The number of hydrogen-bond acceptors (Lipinski definition) is 3. The standard InChI is InChI=1S/C14H16ClIN2O/c1-2-5-17-7-8-19-14-12(16)9-11(15)10-4-3-6-18-13(10)14/h3-4,6,9,17H,2,5,7-8H2,1H3. The van der Waals surface area contributed by atoms with Crippen molar-refractivity contribution in [3.63, 3.8) is 0 Å². The van der Waals surface area contributed by atoms with Crippen LogP contribution in [0.3, 0.4) is 0 Å². The maximum absolute atomic E-state index is 6.22. The molecule has 1 aromatic heterocycles. The molecule has 19 heavy (non-hydrogen) atoms. The first-order valence-corrected chi connectivity index (χ1v) is 7.76. The zero-order valence-electron chi connectivity index (χ0n) is 10.7. The highest BCUT2D eigenvalue weighted by Crippen LogP contribution is 2.34. The van der Waals surface area contributed by atoms with Crippen molar-refractivity contribution in [3.8, 4) is 5.75 Å². The van der Waals surface area contributed by atoms with Crippen LogP contribution in [0.1, 0.15) is 13.3 Å². The van der Waals surface area contributed by atoms with E-state index < -0.39 is 0 Å². The first-order chi connectivity index (χ1) is 9.24. The van der Waals surface area contributed by atoms with Gasteiger partial charge in [-0.15, -0.1) is 0 Å². The lowest BCUT2D eigenvalue weighted by Gasteiger charge is -2.12. The van der Waals surface area contributed by atoms with Gasteiger partial charge in [0.15, 0.2) is 5.75 Å². The van der Waals surface area contributed by atoms with Crippen LogP contribution in [0.4, 0.5) is 0 Å². The van der Waals surface area contributed by atoms with E-state index in [1.54, 1.807) is 6.20 Å². The first-order valence-electron chi connectivity index (χ1n) is 6.30. The van der Waals surface area contributed by atoms with E-state index in [1.807, 2.05) is 18.2 Å². The summed E-state index contributed by atoms with van der Waals surface area (Å²) in [6, 6.07) is 5.76. The van der Waals surface area contributed by atoms with Crippen molar-refractivity contribution in [1.82, 2.24) is 10.3 Å². The van der Waals surface area contributed by atoms with E-state index in [-0.39, 0.29) is 0 Å². The summed E-state index contributed by atoms with van der Waals surface area (Å²) in [6.45, 7) is 4.62. The summed E-state index contributed by atoms with van der Waals surface area (Å²) in [5, 5.41) is 4.95. The predicted octanol–water partition coefficient (Wildman–Crippen LogP) is 3.87. The van der Waals surface area contributed by atoms with Gasteiger partial charge in [-0.1, -0.05) is 18.5 Å². The van der Waals surface area contributed by atoms with Crippen LogP contribution in [-0.2, 0) is 0 Å². The number of fused-ring (bicyclic) bond motifs is 1. The Bertz CT molecular complexity index is 562. The molecule has 5 heteroatoms. The molecule has 0 aliphatic carbocycles. The zero-order chi connectivity index (χ0) is 13.7. The summed E-state index contributed by atoms with van der Waals surface area (Å²) < 4.78 is 6.85. The first kappa shape index (κ1) is 14.8. The molecule has 102 valence electrons. The number of hydrogen-bond donors (Lipinski definition) is 1. The fraction of sp³-hybridized carbons (Fsp3) is 0.357. The summed E-state index contributed by atoms with van der Waals surface area (Å²) in [4.78, 5) is 4.38. The number of ether oxygens (including phenoxy) is 1. The van der Waals surface area contributed by atoms with Crippen LogP contribution in [0.25, 0.3) is 10.9 Å². The predicted molar refractivity (Wildman–Crippen MR) is 88.1 cm³/mol. The molecule has 0 aliphatic rings. The van der Waals surface area contributed by atoms with Crippen LogP contribution in [-0.4, -0.2) is 24.7 Å². The summed E-state index contributed by atoms with van der Waals surface area (Å²) in [6.07, 6.45) is 2.89. The number of pyridine rings is 1. The fourth-order valence-corrected chi connectivity index (χ4v) is 2.98. The smallest absolute Gasteiger partial charge is 0.158 e. The number of rotatable bonds is 6. The lowest BCUT2D eigenvalue weighted by Crippen LogP contribution is -2.21. The van der Waals surface area contributed by atoms with Crippen molar-refractivity contribution in [1.29, 1.82) is 0 Å². The minimum absolute atomic E-state index is 0.628. The molecule has 0 bridgehead atoms. The molecule has 1 heterocycles. The van der Waals surface area contributed by atoms with Gasteiger partial charge in [-0.05, 0) is 53.8 Å². The van der Waals surface area contributed by atoms with E-state index in [0.29, 0.717) is 11.6 Å². The molecular weight excluding hydrogens is 375 g/mol. The van der Waals surface area contributed by atoms with Gasteiger partial charge in [-0.3, -0.25) is 4.98 Å². The van der Waals surface area contributed by atoms with Gasteiger partial charge in [0.05, 0.1) is 8.59 Å². The number of halogens is 2. The normalized spacial score (nSPS) is 10.9. The summed E-state index contributed by atoms with van der Waals surface area (Å²) >= 11 is 8.46.